The molecular formula is C25H31N3O. The molecule has 3 atom stereocenters. The molecule has 3 unspecified atom stereocenters. The van der Waals surface area contributed by atoms with Crippen LogP contribution < -0.4 is 4.90 Å². The topological polar surface area (TPSA) is 31.6 Å². The number of anilines is 1. The molecule has 0 bridgehead atoms. The second-order valence-corrected chi connectivity index (χ2v) is 8.55. The van der Waals surface area contributed by atoms with Gasteiger partial charge in [-0.1, -0.05) is 37.3 Å². The van der Waals surface area contributed by atoms with E-state index in [-0.39, 0.29) is 0 Å². The number of aromatic nitrogens is 1. The van der Waals surface area contributed by atoms with Crippen LogP contribution in [0.4, 0.5) is 5.69 Å². The molecule has 0 saturated carbocycles. The number of aliphatic hydroxyl groups excluding tert-OH is 1. The minimum absolute atomic E-state index is 0.564. The summed E-state index contributed by atoms with van der Waals surface area (Å²) < 4.78 is 2.12. The summed E-state index contributed by atoms with van der Waals surface area (Å²) in [6.07, 6.45) is 0.595. The molecule has 0 spiro atoms. The quantitative estimate of drug-likeness (QED) is 0.723. The molecule has 4 heteroatoms. The van der Waals surface area contributed by atoms with E-state index in [2.05, 4.69) is 76.7 Å². The molecule has 152 valence electrons. The van der Waals surface area contributed by atoms with Gasteiger partial charge in [-0.2, -0.15) is 0 Å². The summed E-state index contributed by atoms with van der Waals surface area (Å²) in [5.74, 6) is 0.576. The Bertz CT molecular complexity index is 1040. The Morgan fingerprint density at radius 3 is 2.66 bits per heavy atom. The molecule has 0 amide bonds. The standard InChI is InChI=1S/C25H31N3O/c1-4-27-13-12-19-20-14-18(10-11-22(20)28(5-2)24(19)16-27)25(29)23-15-17-8-6-7-9-21(17)26(23)3/h6-11,14-15,19,24-25,29H,4-5,12-13,16H2,1-3H3. The van der Waals surface area contributed by atoms with Crippen LogP contribution in [0.2, 0.25) is 0 Å². The first kappa shape index (κ1) is 18.7. The number of likely N-dealkylation sites (tertiary alicyclic amines) is 1. The van der Waals surface area contributed by atoms with Gasteiger partial charge < -0.3 is 19.5 Å². The Kier molecular flexibility index (Phi) is 4.64. The number of rotatable bonds is 4. The molecule has 0 aliphatic carbocycles. The third-order valence-corrected chi connectivity index (χ3v) is 7.20. The molecular weight excluding hydrogens is 358 g/mol. The summed E-state index contributed by atoms with van der Waals surface area (Å²) in [4.78, 5) is 5.15. The van der Waals surface area contributed by atoms with Gasteiger partial charge in [0.25, 0.3) is 0 Å². The number of fused-ring (bicyclic) bond motifs is 4. The van der Waals surface area contributed by atoms with Crippen molar-refractivity contribution in [3.05, 3.63) is 65.4 Å². The van der Waals surface area contributed by atoms with E-state index in [1.54, 1.807) is 0 Å². The maximum Gasteiger partial charge on any atom is 0.119 e. The second-order valence-electron chi connectivity index (χ2n) is 8.55. The van der Waals surface area contributed by atoms with E-state index in [0.29, 0.717) is 12.0 Å². The van der Waals surface area contributed by atoms with Crippen molar-refractivity contribution >= 4 is 16.6 Å². The lowest BCUT2D eigenvalue weighted by Gasteiger charge is -2.38. The second kappa shape index (κ2) is 7.19. The number of aryl methyl sites for hydroxylation is 1. The van der Waals surface area contributed by atoms with Crippen LogP contribution in [-0.4, -0.2) is 46.8 Å². The van der Waals surface area contributed by atoms with Gasteiger partial charge in [-0.05, 0) is 61.1 Å². The molecule has 29 heavy (non-hydrogen) atoms. The lowest BCUT2D eigenvalue weighted by atomic mass is 9.87. The largest absolute Gasteiger partial charge is 0.382 e. The van der Waals surface area contributed by atoms with Gasteiger partial charge in [-0.25, -0.2) is 0 Å². The van der Waals surface area contributed by atoms with Crippen LogP contribution in [0.3, 0.4) is 0 Å². The van der Waals surface area contributed by atoms with Crippen molar-refractivity contribution in [3.8, 4) is 0 Å². The first-order chi connectivity index (χ1) is 14.1. The molecule has 4 nitrogen and oxygen atoms in total. The zero-order valence-electron chi connectivity index (χ0n) is 17.7. The van der Waals surface area contributed by atoms with Crippen molar-refractivity contribution < 1.29 is 5.11 Å². The predicted octanol–water partition coefficient (Wildman–Crippen LogP) is 4.28. The number of hydrogen-bond acceptors (Lipinski definition) is 3. The molecule has 2 aromatic carbocycles. The third kappa shape index (κ3) is 2.89. The molecule has 0 radical (unpaired) electrons. The summed E-state index contributed by atoms with van der Waals surface area (Å²) in [5.41, 5.74) is 5.92. The van der Waals surface area contributed by atoms with E-state index < -0.39 is 6.10 Å². The molecule has 1 saturated heterocycles. The lowest BCUT2D eigenvalue weighted by Crippen LogP contribution is -2.48. The minimum atomic E-state index is -0.609. The summed E-state index contributed by atoms with van der Waals surface area (Å²) in [6.45, 7) is 9.00. The van der Waals surface area contributed by atoms with Gasteiger partial charge in [-0.3, -0.25) is 0 Å². The van der Waals surface area contributed by atoms with Gasteiger partial charge in [0.2, 0.25) is 0 Å². The Morgan fingerprint density at radius 2 is 1.90 bits per heavy atom. The van der Waals surface area contributed by atoms with Crippen LogP contribution in [0, 0.1) is 0 Å². The number of likely N-dealkylation sites (N-methyl/N-ethyl adjacent to an activating group) is 2. The van der Waals surface area contributed by atoms with Gasteiger partial charge in [0.1, 0.15) is 6.10 Å². The first-order valence-corrected chi connectivity index (χ1v) is 11.0. The Balaban J connectivity index is 1.52. The summed E-state index contributed by atoms with van der Waals surface area (Å²) in [5, 5.41) is 12.4. The predicted molar refractivity (Wildman–Crippen MR) is 120 cm³/mol. The molecule has 1 aromatic heterocycles. The molecule has 1 fully saturated rings. The average Bonchev–Trinajstić information content (AvgIpc) is 3.27. The lowest BCUT2D eigenvalue weighted by molar-refractivity contribution is 0.201. The van der Waals surface area contributed by atoms with Crippen LogP contribution in [-0.2, 0) is 7.05 Å². The van der Waals surface area contributed by atoms with Crippen LogP contribution in [0.1, 0.15) is 49.1 Å². The summed E-state index contributed by atoms with van der Waals surface area (Å²) >= 11 is 0. The van der Waals surface area contributed by atoms with E-state index in [0.717, 1.165) is 36.4 Å². The van der Waals surface area contributed by atoms with Gasteiger partial charge in [0, 0.05) is 43.3 Å². The van der Waals surface area contributed by atoms with Crippen molar-refractivity contribution in [2.45, 2.75) is 38.3 Å². The minimum Gasteiger partial charge on any atom is -0.382 e. The number of nitrogens with zero attached hydrogens (tertiary/aromatic N) is 3. The number of piperidine rings is 1. The highest BCUT2D eigenvalue weighted by molar-refractivity contribution is 5.81. The fourth-order valence-electron chi connectivity index (χ4n) is 5.59. The highest BCUT2D eigenvalue weighted by Gasteiger charge is 2.41. The summed E-state index contributed by atoms with van der Waals surface area (Å²) in [6, 6.07) is 17.7. The van der Waals surface area contributed by atoms with Crippen LogP contribution in [0.25, 0.3) is 10.9 Å². The van der Waals surface area contributed by atoms with E-state index in [4.69, 9.17) is 0 Å². The fourth-order valence-corrected chi connectivity index (χ4v) is 5.59. The van der Waals surface area contributed by atoms with Crippen molar-refractivity contribution in [1.82, 2.24) is 9.47 Å². The first-order valence-electron chi connectivity index (χ1n) is 11.0. The SMILES string of the molecule is CCN1CCC2c3cc(C(O)c4cc5ccccc5n4C)ccc3N(CC)C2C1. The number of hydrogen-bond donors (Lipinski definition) is 1. The van der Waals surface area contributed by atoms with Crippen molar-refractivity contribution in [2.75, 3.05) is 31.1 Å². The fraction of sp³-hybridized carbons (Fsp3) is 0.440. The van der Waals surface area contributed by atoms with Crippen molar-refractivity contribution in [1.29, 1.82) is 0 Å². The van der Waals surface area contributed by atoms with Gasteiger partial charge in [0.15, 0.2) is 0 Å². The van der Waals surface area contributed by atoms with E-state index >= 15 is 0 Å². The van der Waals surface area contributed by atoms with E-state index in [9.17, 15) is 5.11 Å². The maximum atomic E-state index is 11.3. The van der Waals surface area contributed by atoms with Crippen LogP contribution in [0.5, 0.6) is 0 Å². The smallest absolute Gasteiger partial charge is 0.119 e. The zero-order chi connectivity index (χ0) is 20.1. The van der Waals surface area contributed by atoms with Gasteiger partial charge in [0.05, 0.1) is 5.69 Å². The van der Waals surface area contributed by atoms with Gasteiger partial charge >= 0.3 is 0 Å². The van der Waals surface area contributed by atoms with Crippen LogP contribution in [0.15, 0.2) is 48.5 Å². The number of para-hydroxylation sites is 1. The third-order valence-electron chi connectivity index (χ3n) is 7.20. The highest BCUT2D eigenvalue weighted by atomic mass is 16.3. The van der Waals surface area contributed by atoms with Crippen LogP contribution >= 0.6 is 0 Å². The normalized spacial score (nSPS) is 22.7. The molecule has 3 aromatic rings. The number of benzene rings is 2. The molecule has 5 rings (SSSR count). The summed E-state index contributed by atoms with van der Waals surface area (Å²) in [7, 11) is 2.05. The zero-order valence-corrected chi connectivity index (χ0v) is 17.7. The number of aliphatic hydroxyl groups is 1. The maximum absolute atomic E-state index is 11.3. The highest BCUT2D eigenvalue weighted by Crippen LogP contribution is 2.46. The van der Waals surface area contributed by atoms with E-state index in [1.165, 1.54) is 29.6 Å². The van der Waals surface area contributed by atoms with Gasteiger partial charge in [-0.15, -0.1) is 0 Å². The average molecular weight is 390 g/mol. The van der Waals surface area contributed by atoms with Crippen molar-refractivity contribution in [2.24, 2.45) is 7.05 Å². The Labute approximate surface area is 173 Å². The van der Waals surface area contributed by atoms with E-state index in [1.807, 2.05) is 7.05 Å². The molecule has 2 aliphatic heterocycles. The molecule has 3 heterocycles. The molecule has 1 N–H and O–H groups in total. The van der Waals surface area contributed by atoms with Crippen molar-refractivity contribution in [3.63, 3.8) is 0 Å². The Morgan fingerprint density at radius 1 is 1.07 bits per heavy atom. The monoisotopic (exact) mass is 389 g/mol. The Hall–Kier alpha value is -2.30. The molecule has 2 aliphatic rings.